The van der Waals surface area contributed by atoms with E-state index in [-0.39, 0.29) is 5.41 Å². The van der Waals surface area contributed by atoms with Crippen LogP contribution < -0.4 is 0 Å². The molecule has 0 amide bonds. The normalized spacial score (nSPS) is 14.6. The van der Waals surface area contributed by atoms with Gasteiger partial charge in [0, 0.05) is 0 Å². The highest BCUT2D eigenvalue weighted by Crippen LogP contribution is 2.46. The molecule has 164 valence electrons. The summed E-state index contributed by atoms with van der Waals surface area (Å²) in [7, 11) is 0. The Bertz CT molecular complexity index is 929. The number of allylic oxidation sites excluding steroid dienone is 2. The van der Waals surface area contributed by atoms with Crippen LogP contribution in [-0.4, -0.2) is 0 Å². The van der Waals surface area contributed by atoms with E-state index in [0.29, 0.717) is 11.8 Å². The van der Waals surface area contributed by atoms with Gasteiger partial charge >= 0.3 is 0 Å². The van der Waals surface area contributed by atoms with E-state index in [4.69, 9.17) is 0 Å². The number of fused-ring (bicyclic) bond motifs is 1. The lowest BCUT2D eigenvalue weighted by molar-refractivity contribution is 0.189. The molecular formula is C30H44. The highest BCUT2D eigenvalue weighted by molar-refractivity contribution is 5.93. The fraction of sp³-hybridized carbons (Fsp3) is 0.533. The molecule has 0 aliphatic heterocycles. The van der Waals surface area contributed by atoms with Crippen LogP contribution in [-0.2, 0) is 0 Å². The summed E-state index contributed by atoms with van der Waals surface area (Å²) >= 11 is 0. The molecule has 0 aliphatic rings. The van der Waals surface area contributed by atoms with Crippen LogP contribution in [0.5, 0.6) is 0 Å². The van der Waals surface area contributed by atoms with Gasteiger partial charge < -0.3 is 0 Å². The van der Waals surface area contributed by atoms with Crippen LogP contribution in [0.3, 0.4) is 0 Å². The van der Waals surface area contributed by atoms with Gasteiger partial charge in [-0.3, -0.25) is 0 Å². The van der Waals surface area contributed by atoms with E-state index in [2.05, 4.69) is 106 Å². The fourth-order valence-electron chi connectivity index (χ4n) is 4.59. The maximum atomic E-state index is 2.49. The van der Waals surface area contributed by atoms with Crippen molar-refractivity contribution in [2.45, 2.75) is 94.4 Å². The molecule has 0 radical (unpaired) electrons. The van der Waals surface area contributed by atoms with Crippen LogP contribution in [0.1, 0.15) is 110 Å². The van der Waals surface area contributed by atoms with E-state index in [1.807, 2.05) is 0 Å². The van der Waals surface area contributed by atoms with E-state index in [0.717, 1.165) is 19.3 Å². The Labute approximate surface area is 186 Å². The second-order valence-corrected chi connectivity index (χ2v) is 10.2. The minimum absolute atomic E-state index is 0.244. The largest absolute Gasteiger partial charge is 0.0730 e. The fourth-order valence-corrected chi connectivity index (χ4v) is 4.59. The average Bonchev–Trinajstić information content (AvgIpc) is 2.67. The lowest BCUT2D eigenvalue weighted by atomic mass is 9.66. The van der Waals surface area contributed by atoms with Crippen molar-refractivity contribution in [3.63, 3.8) is 0 Å². The monoisotopic (exact) mass is 404 g/mol. The summed E-state index contributed by atoms with van der Waals surface area (Å²) in [5, 5.41) is 2.85. The van der Waals surface area contributed by atoms with Crippen LogP contribution >= 0.6 is 0 Å². The van der Waals surface area contributed by atoms with Gasteiger partial charge in [-0.05, 0) is 102 Å². The highest BCUT2D eigenvalue weighted by atomic mass is 14.4. The Balaban J connectivity index is 2.88. The minimum atomic E-state index is 0.244. The van der Waals surface area contributed by atoms with Crippen LogP contribution in [0.25, 0.3) is 22.9 Å². The summed E-state index contributed by atoms with van der Waals surface area (Å²) in [6, 6.07) is 9.67. The molecule has 1 unspecified atom stereocenters. The quantitative estimate of drug-likeness (QED) is 0.410. The summed E-state index contributed by atoms with van der Waals surface area (Å²) in [5.41, 5.74) is 8.72. The van der Waals surface area contributed by atoms with Gasteiger partial charge in [-0.15, -0.1) is 0 Å². The van der Waals surface area contributed by atoms with Crippen molar-refractivity contribution in [1.29, 1.82) is 0 Å². The van der Waals surface area contributed by atoms with Crippen molar-refractivity contribution < 1.29 is 0 Å². The number of hydrogen-bond donors (Lipinski definition) is 0. The number of hydrogen-bond acceptors (Lipinski definition) is 0. The Morgan fingerprint density at radius 3 is 1.80 bits per heavy atom. The van der Waals surface area contributed by atoms with Gasteiger partial charge in [-0.25, -0.2) is 0 Å². The molecule has 0 aliphatic carbocycles. The lowest BCUT2D eigenvalue weighted by Gasteiger charge is -2.39. The van der Waals surface area contributed by atoms with Crippen LogP contribution in [0, 0.1) is 18.3 Å². The Kier molecular flexibility index (Phi) is 8.14. The van der Waals surface area contributed by atoms with Crippen molar-refractivity contribution in [3.05, 3.63) is 57.7 Å². The topological polar surface area (TPSA) is 0 Å². The van der Waals surface area contributed by atoms with Crippen molar-refractivity contribution in [2.24, 2.45) is 11.3 Å². The van der Waals surface area contributed by atoms with Gasteiger partial charge in [-0.1, -0.05) is 83.9 Å². The zero-order valence-electron chi connectivity index (χ0n) is 21.2. The van der Waals surface area contributed by atoms with Gasteiger partial charge in [-0.2, -0.15) is 0 Å². The van der Waals surface area contributed by atoms with Crippen LogP contribution in [0.2, 0.25) is 0 Å². The molecule has 0 bridgehead atoms. The van der Waals surface area contributed by atoms with Crippen molar-refractivity contribution in [1.82, 2.24) is 0 Å². The lowest BCUT2D eigenvalue weighted by Crippen LogP contribution is -2.28. The molecule has 0 heteroatoms. The zero-order chi connectivity index (χ0) is 22.6. The molecular weight excluding hydrogens is 360 g/mol. The SMILES string of the molecule is CCC(C)=Cc1cc(C)c2c(C(CC)C(C)(C)C(C)C)cc(C=C(C)CC)cc2c1. The van der Waals surface area contributed by atoms with Crippen LogP contribution in [0.4, 0.5) is 0 Å². The molecule has 0 nitrogen and oxygen atoms in total. The molecule has 1 atom stereocenters. The standard InChI is InChI=1S/C30H44/c1-11-21(6)14-24-16-23(8)29-26(17-24)18-25(15-22(7)12-2)19-27(29)28(13-3)30(9,10)20(4)5/h14-20,28H,11-13H2,1-10H3. The molecule has 2 aromatic carbocycles. The van der Waals surface area contributed by atoms with Crippen LogP contribution in [0.15, 0.2) is 35.4 Å². The number of rotatable bonds is 8. The van der Waals surface area contributed by atoms with Crippen molar-refractivity contribution >= 4 is 22.9 Å². The average molecular weight is 405 g/mol. The van der Waals surface area contributed by atoms with E-state index < -0.39 is 0 Å². The second-order valence-electron chi connectivity index (χ2n) is 10.2. The van der Waals surface area contributed by atoms with Crippen molar-refractivity contribution in [2.75, 3.05) is 0 Å². The first-order valence-electron chi connectivity index (χ1n) is 12.0. The molecule has 0 saturated carbocycles. The molecule has 0 fully saturated rings. The van der Waals surface area contributed by atoms with Gasteiger partial charge in [0.15, 0.2) is 0 Å². The molecule has 0 heterocycles. The molecule has 0 aromatic heterocycles. The number of benzene rings is 2. The summed E-state index contributed by atoms with van der Waals surface area (Å²) in [4.78, 5) is 0. The first-order valence-corrected chi connectivity index (χ1v) is 12.0. The molecule has 0 saturated heterocycles. The summed E-state index contributed by atoms with van der Waals surface area (Å²) in [6.07, 6.45) is 8.09. The molecule has 2 rings (SSSR count). The highest BCUT2D eigenvalue weighted by Gasteiger charge is 2.33. The number of aryl methyl sites for hydroxylation is 1. The summed E-state index contributed by atoms with van der Waals surface area (Å²) in [6.45, 7) is 23.3. The minimum Gasteiger partial charge on any atom is -0.0730 e. The van der Waals surface area contributed by atoms with E-state index in [1.165, 1.54) is 44.2 Å². The Morgan fingerprint density at radius 1 is 0.867 bits per heavy atom. The van der Waals surface area contributed by atoms with E-state index >= 15 is 0 Å². The van der Waals surface area contributed by atoms with Gasteiger partial charge in [0.2, 0.25) is 0 Å². The predicted molar refractivity (Wildman–Crippen MR) is 138 cm³/mol. The third-order valence-electron chi connectivity index (χ3n) is 7.43. The molecule has 0 N–H and O–H groups in total. The van der Waals surface area contributed by atoms with Gasteiger partial charge in [0.05, 0.1) is 0 Å². The first kappa shape index (κ1) is 24.4. The maximum absolute atomic E-state index is 2.49. The smallest absolute Gasteiger partial charge is 0.0104 e. The molecule has 2 aromatic rings. The van der Waals surface area contributed by atoms with Gasteiger partial charge in [0.1, 0.15) is 0 Å². The maximum Gasteiger partial charge on any atom is -0.0104 e. The van der Waals surface area contributed by atoms with E-state index in [1.54, 1.807) is 0 Å². The predicted octanol–water partition coefficient (Wildman–Crippen LogP) is 9.95. The zero-order valence-corrected chi connectivity index (χ0v) is 21.2. The summed E-state index contributed by atoms with van der Waals surface area (Å²) in [5.74, 6) is 1.16. The molecule has 0 spiro atoms. The first-order chi connectivity index (χ1) is 14.0. The second kappa shape index (κ2) is 9.99. The van der Waals surface area contributed by atoms with Gasteiger partial charge in [0.25, 0.3) is 0 Å². The third-order valence-corrected chi connectivity index (χ3v) is 7.43. The van der Waals surface area contributed by atoms with E-state index in [9.17, 15) is 0 Å². The molecule has 30 heavy (non-hydrogen) atoms. The third kappa shape index (κ3) is 5.26. The Hall–Kier alpha value is -1.82. The Morgan fingerprint density at radius 2 is 1.37 bits per heavy atom. The summed E-state index contributed by atoms with van der Waals surface area (Å²) < 4.78 is 0. The van der Waals surface area contributed by atoms with Crippen molar-refractivity contribution in [3.8, 4) is 0 Å².